The Morgan fingerprint density at radius 2 is 2.17 bits per heavy atom. The molecule has 0 aromatic carbocycles. The van der Waals surface area contributed by atoms with E-state index in [4.69, 9.17) is 4.74 Å². The SMILES string of the molecule is C=C(C)CCOc1ccncc1CNC(C)(C)C. The number of hydrogen-bond acceptors (Lipinski definition) is 3. The Hall–Kier alpha value is -1.35. The number of aromatic nitrogens is 1. The van der Waals surface area contributed by atoms with Crippen molar-refractivity contribution in [1.82, 2.24) is 10.3 Å². The van der Waals surface area contributed by atoms with Gasteiger partial charge in [-0.25, -0.2) is 0 Å². The van der Waals surface area contributed by atoms with Gasteiger partial charge in [-0.15, -0.1) is 6.58 Å². The fraction of sp³-hybridized carbons (Fsp3) is 0.533. The van der Waals surface area contributed by atoms with Gasteiger partial charge in [-0.3, -0.25) is 4.98 Å². The molecule has 0 spiro atoms. The molecule has 0 fully saturated rings. The highest BCUT2D eigenvalue weighted by atomic mass is 16.5. The van der Waals surface area contributed by atoms with Gasteiger partial charge in [0.2, 0.25) is 0 Å². The topological polar surface area (TPSA) is 34.1 Å². The molecule has 100 valence electrons. The molecule has 0 unspecified atom stereocenters. The lowest BCUT2D eigenvalue weighted by molar-refractivity contribution is 0.314. The van der Waals surface area contributed by atoms with Gasteiger partial charge in [0.05, 0.1) is 6.61 Å². The Bertz CT molecular complexity index is 394. The Morgan fingerprint density at radius 3 is 2.78 bits per heavy atom. The zero-order chi connectivity index (χ0) is 13.6. The first kappa shape index (κ1) is 14.7. The van der Waals surface area contributed by atoms with E-state index in [1.165, 1.54) is 0 Å². The summed E-state index contributed by atoms with van der Waals surface area (Å²) in [7, 11) is 0. The van der Waals surface area contributed by atoms with E-state index in [2.05, 4.69) is 37.7 Å². The van der Waals surface area contributed by atoms with Gasteiger partial charge in [0, 0.05) is 36.5 Å². The molecule has 0 amide bonds. The van der Waals surface area contributed by atoms with Crippen LogP contribution in [0.5, 0.6) is 5.75 Å². The summed E-state index contributed by atoms with van der Waals surface area (Å²) in [6.45, 7) is 13.7. The fourth-order valence-corrected chi connectivity index (χ4v) is 1.38. The van der Waals surface area contributed by atoms with Crippen molar-refractivity contribution in [3.05, 3.63) is 36.2 Å². The maximum atomic E-state index is 5.77. The highest BCUT2D eigenvalue weighted by Gasteiger charge is 2.11. The van der Waals surface area contributed by atoms with Crippen LogP contribution in [0.3, 0.4) is 0 Å². The van der Waals surface area contributed by atoms with Crippen molar-refractivity contribution in [2.24, 2.45) is 0 Å². The average molecular weight is 248 g/mol. The summed E-state index contributed by atoms with van der Waals surface area (Å²) in [5.74, 6) is 0.906. The van der Waals surface area contributed by atoms with Crippen molar-refractivity contribution in [3.63, 3.8) is 0 Å². The predicted octanol–water partition coefficient (Wildman–Crippen LogP) is 3.31. The summed E-state index contributed by atoms with van der Waals surface area (Å²) >= 11 is 0. The van der Waals surface area contributed by atoms with Crippen LogP contribution in [0.1, 0.15) is 39.7 Å². The van der Waals surface area contributed by atoms with Crippen molar-refractivity contribution < 1.29 is 4.74 Å². The van der Waals surface area contributed by atoms with Gasteiger partial charge in [-0.1, -0.05) is 5.57 Å². The summed E-state index contributed by atoms with van der Waals surface area (Å²) in [5, 5.41) is 3.44. The molecule has 1 N–H and O–H groups in total. The van der Waals surface area contributed by atoms with E-state index in [0.29, 0.717) is 6.61 Å². The molecule has 0 aliphatic rings. The highest BCUT2D eigenvalue weighted by Crippen LogP contribution is 2.18. The van der Waals surface area contributed by atoms with Crippen LogP contribution in [0, 0.1) is 0 Å². The van der Waals surface area contributed by atoms with Gasteiger partial charge >= 0.3 is 0 Å². The summed E-state index contributed by atoms with van der Waals surface area (Å²) in [6.07, 6.45) is 4.50. The number of hydrogen-bond donors (Lipinski definition) is 1. The molecule has 3 nitrogen and oxygen atoms in total. The van der Waals surface area contributed by atoms with Crippen LogP contribution in [0.2, 0.25) is 0 Å². The molecule has 0 aliphatic heterocycles. The van der Waals surface area contributed by atoms with Crippen LogP contribution in [0.4, 0.5) is 0 Å². The smallest absolute Gasteiger partial charge is 0.126 e. The largest absolute Gasteiger partial charge is 0.493 e. The molecule has 0 radical (unpaired) electrons. The molecule has 0 saturated carbocycles. The molecular formula is C15H24N2O. The second-order valence-corrected chi connectivity index (χ2v) is 5.64. The van der Waals surface area contributed by atoms with E-state index in [9.17, 15) is 0 Å². The Labute approximate surface area is 110 Å². The van der Waals surface area contributed by atoms with Gasteiger partial charge < -0.3 is 10.1 Å². The van der Waals surface area contributed by atoms with Crippen LogP contribution in [0.15, 0.2) is 30.6 Å². The van der Waals surface area contributed by atoms with Crippen molar-refractivity contribution in [2.75, 3.05) is 6.61 Å². The third-order valence-electron chi connectivity index (χ3n) is 2.45. The Morgan fingerprint density at radius 1 is 1.44 bits per heavy atom. The van der Waals surface area contributed by atoms with Gasteiger partial charge in [-0.05, 0) is 33.8 Å². The highest BCUT2D eigenvalue weighted by molar-refractivity contribution is 5.30. The second kappa shape index (κ2) is 6.55. The molecule has 3 heteroatoms. The lowest BCUT2D eigenvalue weighted by Gasteiger charge is -2.21. The molecule has 0 saturated heterocycles. The molecule has 0 atom stereocenters. The lowest BCUT2D eigenvalue weighted by Crippen LogP contribution is -2.35. The van der Waals surface area contributed by atoms with Gasteiger partial charge in [-0.2, -0.15) is 0 Å². The standard InChI is InChI=1S/C15H24N2O/c1-12(2)7-9-18-14-6-8-16-10-13(14)11-17-15(3,4)5/h6,8,10,17H,1,7,9,11H2,2-5H3. The molecule has 0 bridgehead atoms. The van der Waals surface area contributed by atoms with Crippen molar-refractivity contribution in [2.45, 2.75) is 46.2 Å². The van der Waals surface area contributed by atoms with Crippen LogP contribution in [-0.4, -0.2) is 17.1 Å². The van der Waals surface area contributed by atoms with E-state index in [0.717, 1.165) is 29.9 Å². The molecule has 1 aromatic heterocycles. The summed E-state index contributed by atoms with van der Waals surface area (Å²) in [4.78, 5) is 4.15. The first-order valence-corrected chi connectivity index (χ1v) is 6.33. The first-order valence-electron chi connectivity index (χ1n) is 6.33. The molecule has 18 heavy (non-hydrogen) atoms. The van der Waals surface area contributed by atoms with Crippen LogP contribution >= 0.6 is 0 Å². The number of pyridine rings is 1. The van der Waals surface area contributed by atoms with Crippen LogP contribution < -0.4 is 10.1 Å². The normalized spacial score (nSPS) is 11.3. The maximum Gasteiger partial charge on any atom is 0.126 e. The maximum absolute atomic E-state index is 5.77. The predicted molar refractivity (Wildman–Crippen MR) is 75.8 cm³/mol. The van der Waals surface area contributed by atoms with Gasteiger partial charge in [0.1, 0.15) is 5.75 Å². The van der Waals surface area contributed by atoms with Crippen molar-refractivity contribution in [1.29, 1.82) is 0 Å². The van der Waals surface area contributed by atoms with Crippen LogP contribution in [0.25, 0.3) is 0 Å². The minimum absolute atomic E-state index is 0.0881. The number of ether oxygens (including phenoxy) is 1. The zero-order valence-electron chi connectivity index (χ0n) is 11.9. The molecule has 1 heterocycles. The second-order valence-electron chi connectivity index (χ2n) is 5.64. The monoisotopic (exact) mass is 248 g/mol. The van der Waals surface area contributed by atoms with Crippen molar-refractivity contribution in [3.8, 4) is 5.75 Å². The molecular weight excluding hydrogens is 224 g/mol. The minimum atomic E-state index is 0.0881. The van der Waals surface area contributed by atoms with Crippen molar-refractivity contribution >= 4 is 0 Å². The summed E-state index contributed by atoms with van der Waals surface area (Å²) < 4.78 is 5.77. The molecule has 1 rings (SSSR count). The fourth-order valence-electron chi connectivity index (χ4n) is 1.38. The first-order chi connectivity index (χ1) is 8.38. The van der Waals surface area contributed by atoms with E-state index in [-0.39, 0.29) is 5.54 Å². The number of rotatable bonds is 6. The molecule has 0 aliphatic carbocycles. The summed E-state index contributed by atoms with van der Waals surface area (Å²) in [6, 6.07) is 1.91. The minimum Gasteiger partial charge on any atom is -0.493 e. The van der Waals surface area contributed by atoms with E-state index < -0.39 is 0 Å². The number of nitrogens with zero attached hydrogens (tertiary/aromatic N) is 1. The third-order valence-corrected chi connectivity index (χ3v) is 2.45. The number of nitrogens with one attached hydrogen (secondary N) is 1. The van der Waals surface area contributed by atoms with E-state index in [1.807, 2.05) is 19.2 Å². The van der Waals surface area contributed by atoms with Gasteiger partial charge in [0.15, 0.2) is 0 Å². The Kier molecular flexibility index (Phi) is 5.35. The van der Waals surface area contributed by atoms with E-state index >= 15 is 0 Å². The van der Waals surface area contributed by atoms with E-state index in [1.54, 1.807) is 6.20 Å². The quantitative estimate of drug-likeness (QED) is 0.784. The lowest BCUT2D eigenvalue weighted by atomic mass is 10.1. The Balaban J connectivity index is 2.59. The van der Waals surface area contributed by atoms with Crippen LogP contribution in [-0.2, 0) is 6.54 Å². The molecule has 1 aromatic rings. The van der Waals surface area contributed by atoms with Gasteiger partial charge in [0.25, 0.3) is 0 Å². The zero-order valence-corrected chi connectivity index (χ0v) is 11.9. The average Bonchev–Trinajstić information content (AvgIpc) is 2.26. The summed E-state index contributed by atoms with van der Waals surface area (Å²) in [5.41, 5.74) is 2.32. The third kappa shape index (κ3) is 5.82.